The van der Waals surface area contributed by atoms with E-state index in [-0.39, 0.29) is 13.4 Å². The van der Waals surface area contributed by atoms with Crippen molar-refractivity contribution < 1.29 is 19.0 Å². The first-order chi connectivity index (χ1) is 10.3. The highest BCUT2D eigenvalue weighted by atomic mass is 35.5. The molecule has 1 aromatic carbocycles. The van der Waals surface area contributed by atoms with Gasteiger partial charge in [0, 0.05) is 18.9 Å². The Bertz CT molecular complexity index is 618. The first kappa shape index (κ1) is 15.3. The number of benzene rings is 1. The van der Waals surface area contributed by atoms with Crippen molar-refractivity contribution in [1.82, 2.24) is 4.98 Å². The van der Waals surface area contributed by atoms with E-state index in [2.05, 4.69) is 4.98 Å². The summed E-state index contributed by atoms with van der Waals surface area (Å²) < 4.78 is 15.8. The van der Waals surface area contributed by atoms with E-state index >= 15 is 0 Å². The van der Waals surface area contributed by atoms with E-state index in [0.717, 1.165) is 5.56 Å². The normalized spacial score (nSPS) is 10.2. The Kier molecular flexibility index (Phi) is 5.54. The second-order valence-corrected chi connectivity index (χ2v) is 4.44. The van der Waals surface area contributed by atoms with Crippen molar-refractivity contribution in [2.24, 2.45) is 0 Å². The molecule has 1 aromatic heterocycles. The van der Waals surface area contributed by atoms with Gasteiger partial charge in [0.1, 0.15) is 23.3 Å². The minimum Gasteiger partial charge on any atom is -0.488 e. The molecule has 0 fully saturated rings. The van der Waals surface area contributed by atoms with Crippen molar-refractivity contribution in [3.63, 3.8) is 0 Å². The van der Waals surface area contributed by atoms with Crippen LogP contribution in [0, 0.1) is 0 Å². The Morgan fingerprint density at radius 1 is 1.19 bits per heavy atom. The fraction of sp³-hybridized carbons (Fsp3) is 0.200. The monoisotopic (exact) mass is 307 g/mol. The van der Waals surface area contributed by atoms with E-state index in [4.69, 9.17) is 25.8 Å². The van der Waals surface area contributed by atoms with E-state index < -0.39 is 0 Å². The molecule has 2 rings (SSSR count). The number of hydrogen-bond donors (Lipinski definition) is 0. The van der Waals surface area contributed by atoms with Crippen LogP contribution in [0.25, 0.3) is 0 Å². The fourth-order valence-electron chi connectivity index (χ4n) is 1.70. The summed E-state index contributed by atoms with van der Waals surface area (Å²) in [6.45, 7) is 0.264. The number of halogens is 1. The van der Waals surface area contributed by atoms with E-state index in [1.165, 1.54) is 7.11 Å². The standard InChI is InChI=1S/C15H14ClNO4/c1-19-10-21-14-6-2-5-13(12(14)8-18)20-9-11-4-3-7-17-15(11)16/h2-8H,9-10H2,1H3. The molecule has 0 saturated heterocycles. The van der Waals surface area contributed by atoms with Crippen LogP contribution in [-0.2, 0) is 11.3 Å². The highest BCUT2D eigenvalue weighted by molar-refractivity contribution is 6.30. The number of aromatic nitrogens is 1. The average Bonchev–Trinajstić information content (AvgIpc) is 2.52. The largest absolute Gasteiger partial charge is 0.488 e. The van der Waals surface area contributed by atoms with Crippen LogP contribution in [0.1, 0.15) is 15.9 Å². The summed E-state index contributed by atoms with van der Waals surface area (Å²) in [6.07, 6.45) is 2.28. The number of methoxy groups -OCH3 is 1. The first-order valence-corrected chi connectivity index (χ1v) is 6.56. The van der Waals surface area contributed by atoms with Crippen LogP contribution < -0.4 is 9.47 Å². The number of nitrogens with zero attached hydrogens (tertiary/aromatic N) is 1. The molecular weight excluding hydrogens is 294 g/mol. The molecule has 0 aliphatic rings. The predicted octanol–water partition coefficient (Wildman–Crippen LogP) is 3.11. The molecule has 0 bridgehead atoms. The summed E-state index contributed by atoms with van der Waals surface area (Å²) in [5.74, 6) is 0.820. The summed E-state index contributed by atoms with van der Waals surface area (Å²) in [5, 5.41) is 0.372. The zero-order valence-electron chi connectivity index (χ0n) is 11.4. The molecule has 0 aliphatic heterocycles. The summed E-state index contributed by atoms with van der Waals surface area (Å²) in [4.78, 5) is 15.2. The van der Waals surface area contributed by atoms with Gasteiger partial charge in [-0.2, -0.15) is 0 Å². The lowest BCUT2D eigenvalue weighted by Gasteiger charge is -2.12. The Morgan fingerprint density at radius 3 is 2.62 bits per heavy atom. The van der Waals surface area contributed by atoms with Crippen LogP contribution in [0.2, 0.25) is 5.15 Å². The highest BCUT2D eigenvalue weighted by Crippen LogP contribution is 2.28. The Morgan fingerprint density at radius 2 is 1.95 bits per heavy atom. The van der Waals surface area contributed by atoms with E-state index in [9.17, 15) is 4.79 Å². The van der Waals surface area contributed by atoms with Crippen molar-refractivity contribution >= 4 is 17.9 Å². The Labute approximate surface area is 127 Å². The molecule has 21 heavy (non-hydrogen) atoms. The molecule has 0 atom stereocenters. The number of rotatable bonds is 7. The molecule has 0 amide bonds. The van der Waals surface area contributed by atoms with Gasteiger partial charge < -0.3 is 14.2 Å². The molecule has 1 heterocycles. The predicted molar refractivity (Wildman–Crippen MR) is 77.9 cm³/mol. The van der Waals surface area contributed by atoms with Crippen LogP contribution in [0.5, 0.6) is 11.5 Å². The van der Waals surface area contributed by atoms with Crippen molar-refractivity contribution in [3.8, 4) is 11.5 Å². The zero-order valence-corrected chi connectivity index (χ0v) is 12.2. The van der Waals surface area contributed by atoms with Gasteiger partial charge in [0.15, 0.2) is 13.1 Å². The van der Waals surface area contributed by atoms with Crippen LogP contribution >= 0.6 is 11.6 Å². The van der Waals surface area contributed by atoms with Crippen LogP contribution in [0.15, 0.2) is 36.5 Å². The van der Waals surface area contributed by atoms with Crippen molar-refractivity contribution in [2.75, 3.05) is 13.9 Å². The lowest BCUT2D eigenvalue weighted by molar-refractivity contribution is 0.0503. The second-order valence-electron chi connectivity index (χ2n) is 4.08. The third kappa shape index (κ3) is 3.93. The molecule has 0 N–H and O–H groups in total. The maximum atomic E-state index is 11.3. The minimum absolute atomic E-state index is 0.0543. The number of pyridine rings is 1. The van der Waals surface area contributed by atoms with Crippen molar-refractivity contribution in [1.29, 1.82) is 0 Å². The van der Waals surface area contributed by atoms with Gasteiger partial charge in [-0.1, -0.05) is 23.7 Å². The van der Waals surface area contributed by atoms with Gasteiger partial charge >= 0.3 is 0 Å². The molecule has 5 nitrogen and oxygen atoms in total. The highest BCUT2D eigenvalue weighted by Gasteiger charge is 2.11. The minimum atomic E-state index is 0.0543. The van der Waals surface area contributed by atoms with Crippen LogP contribution in [0.3, 0.4) is 0 Å². The second kappa shape index (κ2) is 7.61. The Balaban J connectivity index is 2.16. The molecule has 0 saturated carbocycles. The third-order valence-corrected chi connectivity index (χ3v) is 3.04. The molecule has 0 radical (unpaired) electrons. The quantitative estimate of drug-likeness (QED) is 0.447. The van der Waals surface area contributed by atoms with E-state index in [0.29, 0.717) is 28.5 Å². The molecular formula is C15H14ClNO4. The first-order valence-electron chi connectivity index (χ1n) is 6.18. The fourth-order valence-corrected chi connectivity index (χ4v) is 1.87. The third-order valence-electron chi connectivity index (χ3n) is 2.70. The van der Waals surface area contributed by atoms with Gasteiger partial charge in [-0.15, -0.1) is 0 Å². The number of carbonyl (C=O) groups excluding carboxylic acids is 1. The van der Waals surface area contributed by atoms with E-state index in [1.807, 2.05) is 0 Å². The molecule has 0 unspecified atom stereocenters. The van der Waals surface area contributed by atoms with Gasteiger partial charge in [0.25, 0.3) is 0 Å². The summed E-state index contributed by atoms with van der Waals surface area (Å²) in [7, 11) is 1.51. The number of ether oxygens (including phenoxy) is 3. The van der Waals surface area contributed by atoms with Gasteiger partial charge in [0.2, 0.25) is 0 Å². The topological polar surface area (TPSA) is 57.6 Å². The van der Waals surface area contributed by atoms with E-state index in [1.54, 1.807) is 36.5 Å². The molecule has 110 valence electrons. The van der Waals surface area contributed by atoms with Crippen molar-refractivity contribution in [2.45, 2.75) is 6.61 Å². The Hall–Kier alpha value is -2.11. The SMILES string of the molecule is COCOc1cccc(OCc2cccnc2Cl)c1C=O. The lowest BCUT2D eigenvalue weighted by atomic mass is 10.2. The lowest BCUT2D eigenvalue weighted by Crippen LogP contribution is -2.04. The number of carbonyl (C=O) groups is 1. The molecule has 6 heteroatoms. The van der Waals surface area contributed by atoms with Gasteiger partial charge in [-0.3, -0.25) is 4.79 Å². The van der Waals surface area contributed by atoms with Crippen LogP contribution in [-0.4, -0.2) is 25.2 Å². The van der Waals surface area contributed by atoms with Crippen LogP contribution in [0.4, 0.5) is 0 Å². The maximum Gasteiger partial charge on any atom is 0.188 e. The number of hydrogen-bond acceptors (Lipinski definition) is 5. The van der Waals surface area contributed by atoms with Crippen molar-refractivity contribution in [3.05, 3.63) is 52.8 Å². The molecule has 0 spiro atoms. The summed E-state index contributed by atoms with van der Waals surface area (Å²) in [5.41, 5.74) is 1.06. The van der Waals surface area contributed by atoms with Gasteiger partial charge in [0.05, 0.1) is 5.56 Å². The molecule has 0 aliphatic carbocycles. The smallest absolute Gasteiger partial charge is 0.188 e. The average molecular weight is 308 g/mol. The summed E-state index contributed by atoms with van der Waals surface area (Å²) >= 11 is 5.96. The summed E-state index contributed by atoms with van der Waals surface area (Å²) in [6, 6.07) is 8.67. The number of aldehydes is 1. The zero-order chi connectivity index (χ0) is 15.1. The van der Waals surface area contributed by atoms with Gasteiger partial charge in [-0.25, -0.2) is 4.98 Å². The van der Waals surface area contributed by atoms with Gasteiger partial charge in [-0.05, 0) is 18.2 Å². The maximum absolute atomic E-state index is 11.3. The molecule has 2 aromatic rings.